The molecule has 0 aliphatic rings. The van der Waals surface area contributed by atoms with Crippen LogP contribution in [-0.4, -0.2) is 30.3 Å². The molecule has 0 fully saturated rings. The van der Waals surface area contributed by atoms with Crippen molar-refractivity contribution < 1.29 is 50.7 Å². The number of nitrogen functional groups attached to an aromatic ring is 2. The maximum absolute atomic E-state index is 10.7. The molecule has 0 spiro atoms. The van der Waals surface area contributed by atoms with Gasteiger partial charge in [0.15, 0.2) is 11.5 Å². The van der Waals surface area contributed by atoms with Gasteiger partial charge < -0.3 is 39.3 Å². The van der Waals surface area contributed by atoms with Gasteiger partial charge in [0.1, 0.15) is 11.5 Å². The molecule has 8 N–H and O–H groups in total. The fraction of sp³-hybridized carbons (Fsp3) is 0.0741. The van der Waals surface area contributed by atoms with Crippen LogP contribution in [0.1, 0.15) is 14.9 Å². The summed E-state index contributed by atoms with van der Waals surface area (Å²) in [6, 6.07) is 17.1. The van der Waals surface area contributed by atoms with Crippen LogP contribution in [0.2, 0.25) is 0 Å². The number of hydrogen-bond donors (Lipinski definition) is 6. The Bertz CT molecular complexity index is 1370. The van der Waals surface area contributed by atoms with Gasteiger partial charge in [-0.2, -0.15) is 0 Å². The molecular weight excluding hydrogens is 615 g/mol. The first kappa shape index (κ1) is 37.3. The van der Waals surface area contributed by atoms with Gasteiger partial charge in [0.2, 0.25) is 0 Å². The summed E-state index contributed by atoms with van der Waals surface area (Å²) < 4.78 is 0. The van der Waals surface area contributed by atoms with Crippen LogP contribution in [0.4, 0.5) is 22.7 Å². The molecule has 0 atom stereocenters. The average Bonchev–Trinajstić information content (AvgIpc) is 2.83. The second-order valence-electron chi connectivity index (χ2n) is 7.47. The van der Waals surface area contributed by atoms with Gasteiger partial charge in [-0.3, -0.25) is 20.2 Å². The van der Waals surface area contributed by atoms with Crippen molar-refractivity contribution in [2.75, 3.05) is 11.5 Å². The molecule has 0 unspecified atom stereocenters. The van der Waals surface area contributed by atoms with E-state index in [0.29, 0.717) is 22.5 Å². The number of phenols is 4. The van der Waals surface area contributed by atoms with Crippen LogP contribution in [0.5, 0.6) is 23.0 Å². The van der Waals surface area contributed by atoms with Crippen molar-refractivity contribution in [1.29, 1.82) is 0 Å². The minimum Gasteiger partial charge on any atom is -0.506 e. The molecule has 12 nitrogen and oxygen atoms in total. The van der Waals surface area contributed by atoms with E-state index in [4.69, 9.17) is 11.5 Å². The number of nitrogens with two attached hydrogens (primary N) is 2. The Labute approximate surface area is 245 Å². The number of nitro groups is 2. The van der Waals surface area contributed by atoms with E-state index >= 15 is 0 Å². The number of phenolic OH excluding ortho intramolecular Hbond substituents is 4. The maximum Gasteiger partial charge on any atom is 0.311 e. The van der Waals surface area contributed by atoms with Gasteiger partial charge in [0.05, 0.1) is 21.2 Å². The quantitative estimate of drug-likeness (QED) is 0.0367. The van der Waals surface area contributed by atoms with Gasteiger partial charge in [-0.05, 0) is 58.7 Å². The second kappa shape index (κ2) is 15.5. The first-order valence-corrected chi connectivity index (χ1v) is 10.1. The minimum absolute atomic E-state index is 0. The zero-order chi connectivity index (χ0) is 26.6. The van der Waals surface area contributed by atoms with Crippen molar-refractivity contribution in [1.82, 2.24) is 0 Å². The van der Waals surface area contributed by atoms with Crippen LogP contribution in [0, 0.1) is 27.7 Å². The number of anilines is 2. The van der Waals surface area contributed by atoms with Gasteiger partial charge >= 0.3 is 11.4 Å². The Hall–Kier alpha value is -4.86. The Balaban J connectivity index is 0. The standard InChI is InChI=1S/C12H8N2O6.C12H12N2O2.2CH4.CH3.Pd/c15-11-3-1-7(5-9(11)13(17)18)8-2-4-12(16)10(6-8)14(19)20;13-9-5-7(1-3-11(9)15)8-2-4-12(16)10(14)6-8;;;;/h1-6,15-16H;1-6,15-16H,13-14H2;2*1H4;1H3;/q;;;;-1;. The van der Waals surface area contributed by atoms with Gasteiger partial charge in [-0.1, -0.05) is 39.1 Å². The van der Waals surface area contributed by atoms with E-state index in [9.17, 15) is 40.7 Å². The summed E-state index contributed by atoms with van der Waals surface area (Å²) in [5.74, 6) is -0.884. The molecule has 0 aromatic heterocycles. The Morgan fingerprint density at radius 2 is 0.775 bits per heavy atom. The second-order valence-corrected chi connectivity index (χ2v) is 7.47. The molecular formula is C27H31N4O8Pd-. The Morgan fingerprint density at radius 1 is 0.525 bits per heavy atom. The third kappa shape index (κ3) is 8.59. The summed E-state index contributed by atoms with van der Waals surface area (Å²) in [7, 11) is 0. The molecule has 40 heavy (non-hydrogen) atoms. The first-order chi connectivity index (χ1) is 17.0. The first-order valence-electron chi connectivity index (χ1n) is 10.1. The van der Waals surface area contributed by atoms with Crippen molar-refractivity contribution in [2.24, 2.45) is 0 Å². The van der Waals surface area contributed by atoms with Crippen LogP contribution in [0.15, 0.2) is 72.8 Å². The molecule has 4 rings (SSSR count). The predicted molar refractivity (Wildman–Crippen MR) is 152 cm³/mol. The number of aromatic hydroxyl groups is 4. The summed E-state index contributed by atoms with van der Waals surface area (Å²) in [5.41, 5.74) is 13.1. The van der Waals surface area contributed by atoms with Crippen molar-refractivity contribution in [3.05, 3.63) is 100 Å². The molecule has 0 radical (unpaired) electrons. The molecule has 4 aromatic rings. The van der Waals surface area contributed by atoms with Crippen LogP contribution in [0.3, 0.4) is 0 Å². The molecule has 0 heterocycles. The zero-order valence-electron chi connectivity index (χ0n) is 19.7. The fourth-order valence-corrected chi connectivity index (χ4v) is 3.17. The predicted octanol–water partition coefficient (Wildman–Crippen LogP) is 6.23. The van der Waals surface area contributed by atoms with E-state index in [1.54, 1.807) is 24.3 Å². The third-order valence-corrected chi connectivity index (χ3v) is 5.07. The third-order valence-electron chi connectivity index (χ3n) is 5.07. The van der Waals surface area contributed by atoms with Crippen LogP contribution >= 0.6 is 0 Å². The molecule has 0 saturated heterocycles. The maximum atomic E-state index is 10.7. The van der Waals surface area contributed by atoms with Crippen LogP contribution in [-0.2, 0) is 20.4 Å². The fourth-order valence-electron chi connectivity index (χ4n) is 3.17. The van der Waals surface area contributed by atoms with E-state index in [0.717, 1.165) is 35.4 Å². The van der Waals surface area contributed by atoms with E-state index in [2.05, 4.69) is 0 Å². The molecule has 0 aliphatic carbocycles. The molecule has 0 aliphatic heterocycles. The number of benzene rings is 4. The SMILES string of the molecule is C.C.Nc1cc(-c2ccc(O)c(N)c2)ccc1O.O=[N+]([O-])c1cc(-c2ccc(O)c([N+](=O)[O-])c2)ccc1O.[CH3-].[Pd]. The van der Waals surface area contributed by atoms with E-state index in [1.807, 2.05) is 0 Å². The van der Waals surface area contributed by atoms with Crippen molar-refractivity contribution in [3.8, 4) is 45.3 Å². The van der Waals surface area contributed by atoms with Gasteiger partial charge in [-0.25, -0.2) is 0 Å². The Kier molecular flexibility index (Phi) is 14.5. The summed E-state index contributed by atoms with van der Waals surface area (Å²) in [5, 5.41) is 58.8. The smallest absolute Gasteiger partial charge is 0.311 e. The van der Waals surface area contributed by atoms with Crippen molar-refractivity contribution in [3.63, 3.8) is 0 Å². The Morgan fingerprint density at radius 3 is 1.02 bits per heavy atom. The summed E-state index contributed by atoms with van der Waals surface area (Å²) in [6.07, 6.45) is 0. The molecule has 218 valence electrons. The molecule has 13 heteroatoms. The van der Waals surface area contributed by atoms with Gasteiger partial charge in [0.25, 0.3) is 0 Å². The molecule has 4 aromatic carbocycles. The monoisotopic (exact) mass is 645 g/mol. The number of nitrogens with zero attached hydrogens (tertiary/aromatic N) is 2. The largest absolute Gasteiger partial charge is 0.506 e. The zero-order valence-corrected chi connectivity index (χ0v) is 21.3. The molecule has 0 bridgehead atoms. The summed E-state index contributed by atoms with van der Waals surface area (Å²) in [4.78, 5) is 20.0. The van der Waals surface area contributed by atoms with Crippen molar-refractivity contribution in [2.45, 2.75) is 14.9 Å². The normalized spacial score (nSPS) is 9.20. The molecule has 0 amide bonds. The average molecular weight is 646 g/mol. The number of nitro benzene ring substituents is 2. The van der Waals surface area contributed by atoms with Gasteiger partial charge in [-0.15, -0.1) is 0 Å². The van der Waals surface area contributed by atoms with Gasteiger partial charge in [0, 0.05) is 32.6 Å². The summed E-state index contributed by atoms with van der Waals surface area (Å²) >= 11 is 0. The minimum atomic E-state index is -0.756. The van der Waals surface area contributed by atoms with E-state index in [1.165, 1.54) is 24.3 Å². The number of hydrogen-bond acceptors (Lipinski definition) is 10. The topological polar surface area (TPSA) is 219 Å². The van der Waals surface area contributed by atoms with E-state index in [-0.39, 0.29) is 54.2 Å². The molecule has 0 saturated carbocycles. The van der Waals surface area contributed by atoms with Crippen LogP contribution < -0.4 is 11.5 Å². The van der Waals surface area contributed by atoms with Crippen molar-refractivity contribution >= 4 is 22.7 Å². The van der Waals surface area contributed by atoms with E-state index < -0.39 is 32.7 Å². The summed E-state index contributed by atoms with van der Waals surface area (Å²) in [6.45, 7) is 0. The number of rotatable bonds is 4. The van der Waals surface area contributed by atoms with Crippen LogP contribution in [0.25, 0.3) is 22.3 Å².